The monoisotopic (exact) mass is 424 g/mol. The van der Waals surface area contributed by atoms with Gasteiger partial charge in [0.1, 0.15) is 5.75 Å². The molecule has 0 N–H and O–H groups in total. The average molecular weight is 425 g/mol. The molecule has 0 aliphatic carbocycles. The maximum Gasteiger partial charge on any atom is 0.343 e. The van der Waals surface area contributed by atoms with E-state index in [0.717, 1.165) is 31.4 Å². The van der Waals surface area contributed by atoms with Crippen molar-refractivity contribution in [2.24, 2.45) is 0 Å². The van der Waals surface area contributed by atoms with E-state index < -0.39 is 0 Å². The molecule has 0 aliphatic rings. The lowest BCUT2D eigenvalue weighted by atomic mass is 10.1. The molecule has 0 aromatic heterocycles. The molecule has 1 atom stereocenters. The van der Waals surface area contributed by atoms with E-state index >= 15 is 0 Å². The Hall–Kier alpha value is -2.13. The molecule has 0 fully saturated rings. The Morgan fingerprint density at radius 3 is 2.00 bits per heavy atom. The van der Waals surface area contributed by atoms with Crippen LogP contribution >= 0.6 is 0 Å². The Labute approximate surface area is 189 Å². The van der Waals surface area contributed by atoms with Crippen LogP contribution in [0.1, 0.15) is 106 Å². The second-order valence-corrected chi connectivity index (χ2v) is 8.39. The van der Waals surface area contributed by atoms with Crippen LogP contribution in [0.3, 0.4) is 0 Å². The van der Waals surface area contributed by atoms with Gasteiger partial charge >= 0.3 is 5.97 Å². The summed E-state index contributed by atoms with van der Waals surface area (Å²) in [5.74, 6) is 0.248. The molecule has 0 aliphatic heterocycles. The maximum atomic E-state index is 12.4. The van der Waals surface area contributed by atoms with Crippen molar-refractivity contribution in [1.82, 2.24) is 0 Å². The zero-order valence-corrected chi connectivity index (χ0v) is 19.7. The summed E-state index contributed by atoms with van der Waals surface area (Å²) in [5.41, 5.74) is 2.89. The first kappa shape index (κ1) is 25.1. The van der Waals surface area contributed by atoms with E-state index in [1.807, 2.05) is 48.5 Å². The van der Waals surface area contributed by atoms with Gasteiger partial charge in [-0.2, -0.15) is 0 Å². The molecule has 0 amide bonds. The molecule has 2 rings (SSSR count). The standard InChI is InChI=1S/C28H40O3/c1-4-6-7-8-9-10-11-12-22-30-23(3)25-16-18-26(19-17-25)28(29)31-27-20-14-24(13-5-2)15-21-27/h14-21,23H,4-13,22H2,1-3H3. The summed E-state index contributed by atoms with van der Waals surface area (Å²) in [6.45, 7) is 7.26. The first-order valence-corrected chi connectivity index (χ1v) is 12.2. The summed E-state index contributed by atoms with van der Waals surface area (Å²) in [4.78, 5) is 12.4. The second-order valence-electron chi connectivity index (χ2n) is 8.39. The van der Waals surface area contributed by atoms with E-state index in [0.29, 0.717) is 11.3 Å². The molecule has 3 nitrogen and oxygen atoms in total. The van der Waals surface area contributed by atoms with Crippen molar-refractivity contribution < 1.29 is 14.3 Å². The number of hydrogen-bond acceptors (Lipinski definition) is 3. The quantitative estimate of drug-likeness (QED) is 0.165. The summed E-state index contributed by atoms with van der Waals surface area (Å²) >= 11 is 0. The number of ether oxygens (including phenoxy) is 2. The van der Waals surface area contributed by atoms with Gasteiger partial charge in [0.2, 0.25) is 0 Å². The number of aryl methyl sites for hydroxylation is 1. The van der Waals surface area contributed by atoms with Crippen LogP contribution in [0.4, 0.5) is 0 Å². The number of carbonyl (C=O) groups is 1. The smallest absolute Gasteiger partial charge is 0.343 e. The highest BCUT2D eigenvalue weighted by atomic mass is 16.5. The Morgan fingerprint density at radius 1 is 0.774 bits per heavy atom. The van der Waals surface area contributed by atoms with Crippen molar-refractivity contribution in [3.8, 4) is 5.75 Å². The van der Waals surface area contributed by atoms with E-state index in [1.165, 1.54) is 50.5 Å². The Kier molecular flexibility index (Phi) is 12.0. The first-order valence-electron chi connectivity index (χ1n) is 12.2. The van der Waals surface area contributed by atoms with Gasteiger partial charge in [0.05, 0.1) is 11.7 Å². The van der Waals surface area contributed by atoms with Crippen molar-refractivity contribution in [2.75, 3.05) is 6.61 Å². The highest BCUT2D eigenvalue weighted by molar-refractivity contribution is 5.91. The van der Waals surface area contributed by atoms with Gasteiger partial charge in [-0.3, -0.25) is 0 Å². The molecule has 0 bridgehead atoms. The van der Waals surface area contributed by atoms with Crippen LogP contribution in [0.2, 0.25) is 0 Å². The van der Waals surface area contributed by atoms with Gasteiger partial charge in [-0.25, -0.2) is 4.79 Å². The van der Waals surface area contributed by atoms with E-state index in [-0.39, 0.29) is 12.1 Å². The van der Waals surface area contributed by atoms with E-state index in [1.54, 1.807) is 0 Å². The Morgan fingerprint density at radius 2 is 1.39 bits per heavy atom. The molecular formula is C28H40O3. The number of esters is 1. The second kappa shape index (κ2) is 14.8. The molecule has 2 aromatic rings. The highest BCUT2D eigenvalue weighted by Crippen LogP contribution is 2.20. The highest BCUT2D eigenvalue weighted by Gasteiger charge is 2.11. The van der Waals surface area contributed by atoms with Crippen LogP contribution in [-0.2, 0) is 11.2 Å². The number of carbonyl (C=O) groups excluding carboxylic acids is 1. The minimum absolute atomic E-state index is 0.0285. The fraction of sp³-hybridized carbons (Fsp3) is 0.536. The van der Waals surface area contributed by atoms with Gasteiger partial charge < -0.3 is 9.47 Å². The lowest BCUT2D eigenvalue weighted by Gasteiger charge is -2.14. The summed E-state index contributed by atoms with van der Waals surface area (Å²) < 4.78 is 11.5. The van der Waals surface area contributed by atoms with Gasteiger partial charge in [-0.15, -0.1) is 0 Å². The maximum absolute atomic E-state index is 12.4. The molecule has 3 heteroatoms. The number of rotatable bonds is 15. The van der Waals surface area contributed by atoms with Crippen molar-refractivity contribution in [1.29, 1.82) is 0 Å². The Bertz CT molecular complexity index is 734. The number of hydrogen-bond donors (Lipinski definition) is 0. The normalized spacial score (nSPS) is 12.0. The molecule has 0 saturated carbocycles. The Balaban J connectivity index is 1.69. The van der Waals surface area contributed by atoms with Crippen LogP contribution in [0.5, 0.6) is 5.75 Å². The SMILES string of the molecule is CCCCCCCCCCOC(C)c1ccc(C(=O)Oc2ccc(CCC)cc2)cc1. The minimum atomic E-state index is -0.331. The van der Waals surface area contributed by atoms with Crippen LogP contribution < -0.4 is 4.74 Å². The van der Waals surface area contributed by atoms with Crippen molar-refractivity contribution in [2.45, 2.75) is 91.1 Å². The predicted octanol–water partition coefficient (Wildman–Crippen LogP) is 8.08. The van der Waals surface area contributed by atoms with Crippen molar-refractivity contribution in [3.63, 3.8) is 0 Å². The lowest BCUT2D eigenvalue weighted by molar-refractivity contribution is 0.0626. The number of benzene rings is 2. The van der Waals surface area contributed by atoms with Crippen LogP contribution in [0, 0.1) is 0 Å². The third-order valence-corrected chi connectivity index (χ3v) is 5.65. The van der Waals surface area contributed by atoms with Gasteiger partial charge in [0.15, 0.2) is 0 Å². The molecule has 31 heavy (non-hydrogen) atoms. The van der Waals surface area contributed by atoms with Crippen molar-refractivity contribution in [3.05, 3.63) is 65.2 Å². The largest absolute Gasteiger partial charge is 0.423 e. The zero-order valence-electron chi connectivity index (χ0n) is 19.7. The molecule has 0 heterocycles. The fourth-order valence-electron chi connectivity index (χ4n) is 3.66. The van der Waals surface area contributed by atoms with Crippen LogP contribution in [0.25, 0.3) is 0 Å². The van der Waals surface area contributed by atoms with E-state index in [2.05, 4.69) is 20.8 Å². The van der Waals surface area contributed by atoms with E-state index in [9.17, 15) is 4.79 Å². The van der Waals surface area contributed by atoms with E-state index in [4.69, 9.17) is 9.47 Å². The topological polar surface area (TPSA) is 35.5 Å². The zero-order chi connectivity index (χ0) is 22.3. The summed E-state index contributed by atoms with van der Waals surface area (Å²) in [6, 6.07) is 15.3. The van der Waals surface area contributed by atoms with Gasteiger partial charge in [-0.1, -0.05) is 89.5 Å². The van der Waals surface area contributed by atoms with Crippen LogP contribution in [0.15, 0.2) is 48.5 Å². The number of unbranched alkanes of at least 4 members (excludes halogenated alkanes) is 7. The molecule has 2 aromatic carbocycles. The van der Waals surface area contributed by atoms with Crippen molar-refractivity contribution >= 4 is 5.97 Å². The minimum Gasteiger partial charge on any atom is -0.423 e. The lowest BCUT2D eigenvalue weighted by Crippen LogP contribution is -2.09. The summed E-state index contributed by atoms with van der Waals surface area (Å²) in [7, 11) is 0. The third kappa shape index (κ3) is 9.69. The molecule has 0 radical (unpaired) electrons. The summed E-state index contributed by atoms with van der Waals surface area (Å²) in [6.07, 6.45) is 12.6. The van der Waals surface area contributed by atoms with Crippen LogP contribution in [-0.4, -0.2) is 12.6 Å². The van der Waals surface area contributed by atoms with Gasteiger partial charge in [0, 0.05) is 6.61 Å². The fourth-order valence-corrected chi connectivity index (χ4v) is 3.66. The average Bonchev–Trinajstić information content (AvgIpc) is 2.79. The van der Waals surface area contributed by atoms with Gasteiger partial charge in [0.25, 0.3) is 0 Å². The van der Waals surface area contributed by atoms with Gasteiger partial charge in [-0.05, 0) is 55.2 Å². The molecule has 0 saturated heterocycles. The first-order chi connectivity index (χ1) is 15.1. The predicted molar refractivity (Wildman–Crippen MR) is 129 cm³/mol. The molecule has 170 valence electrons. The molecule has 1 unspecified atom stereocenters. The molecule has 0 spiro atoms. The third-order valence-electron chi connectivity index (χ3n) is 5.65. The molecular weight excluding hydrogens is 384 g/mol. The summed E-state index contributed by atoms with van der Waals surface area (Å²) in [5, 5.41) is 0.